The van der Waals surface area contributed by atoms with Crippen LogP contribution in [0.3, 0.4) is 0 Å². The van der Waals surface area contributed by atoms with Gasteiger partial charge < -0.3 is 14.9 Å². The first-order valence-electron chi connectivity index (χ1n) is 5.57. The molecule has 0 bridgehead atoms. The molecule has 90 valence electrons. The Kier molecular flexibility index (Phi) is 2.41. The average Bonchev–Trinajstić information content (AvgIpc) is 2.81. The van der Waals surface area contributed by atoms with E-state index in [4.69, 9.17) is 14.9 Å². The number of aromatic nitrogens is 1. The summed E-state index contributed by atoms with van der Waals surface area (Å²) >= 11 is 0. The molecule has 4 heteroatoms. The second kappa shape index (κ2) is 4.07. The number of nitrogens with zero attached hydrogens (tertiary/aromatic N) is 1. The highest BCUT2D eigenvalue weighted by Gasteiger charge is 2.08. The molecule has 2 aromatic carbocycles. The van der Waals surface area contributed by atoms with Crippen LogP contribution in [0.15, 0.2) is 46.9 Å². The van der Waals surface area contributed by atoms with E-state index in [0.29, 0.717) is 17.2 Å². The molecule has 0 atom stereocenters. The fourth-order valence-electron chi connectivity index (χ4n) is 1.80. The van der Waals surface area contributed by atoms with Crippen LogP contribution < -0.4 is 10.5 Å². The summed E-state index contributed by atoms with van der Waals surface area (Å²) in [5.74, 6) is 1.39. The van der Waals surface area contributed by atoms with Gasteiger partial charge in [0.05, 0.1) is 7.11 Å². The summed E-state index contributed by atoms with van der Waals surface area (Å²) in [6, 6.07) is 13.0. The van der Waals surface area contributed by atoms with Crippen molar-refractivity contribution in [1.82, 2.24) is 4.98 Å². The predicted octanol–water partition coefficient (Wildman–Crippen LogP) is 3.09. The molecule has 0 unspecified atom stereocenters. The summed E-state index contributed by atoms with van der Waals surface area (Å²) in [7, 11) is 1.64. The normalized spacial score (nSPS) is 10.7. The fraction of sp³-hybridized carbons (Fsp3) is 0.0714. The Bertz CT molecular complexity index is 687. The van der Waals surface area contributed by atoms with Crippen molar-refractivity contribution in [3.05, 3.63) is 42.5 Å². The van der Waals surface area contributed by atoms with Crippen LogP contribution in [0.2, 0.25) is 0 Å². The van der Waals surface area contributed by atoms with Gasteiger partial charge in [-0.05, 0) is 36.4 Å². The summed E-state index contributed by atoms with van der Waals surface area (Å²) in [5, 5.41) is 0. The zero-order valence-electron chi connectivity index (χ0n) is 9.88. The van der Waals surface area contributed by atoms with Gasteiger partial charge >= 0.3 is 0 Å². The first-order valence-corrected chi connectivity index (χ1v) is 5.57. The number of oxazole rings is 1. The van der Waals surface area contributed by atoms with E-state index in [1.54, 1.807) is 13.2 Å². The van der Waals surface area contributed by atoms with E-state index in [2.05, 4.69) is 4.98 Å². The molecule has 0 aliphatic rings. The molecule has 2 N–H and O–H groups in total. The number of rotatable bonds is 2. The van der Waals surface area contributed by atoms with Crippen LogP contribution in [-0.2, 0) is 0 Å². The van der Waals surface area contributed by atoms with Crippen molar-refractivity contribution in [1.29, 1.82) is 0 Å². The number of hydrogen-bond acceptors (Lipinski definition) is 4. The first-order chi connectivity index (χ1) is 8.76. The lowest BCUT2D eigenvalue weighted by atomic mass is 10.2. The predicted molar refractivity (Wildman–Crippen MR) is 70.4 cm³/mol. The Hall–Kier alpha value is -2.49. The maximum Gasteiger partial charge on any atom is 0.227 e. The minimum atomic E-state index is 0.582. The van der Waals surface area contributed by atoms with E-state index in [1.807, 2.05) is 36.4 Å². The van der Waals surface area contributed by atoms with Crippen molar-refractivity contribution in [2.24, 2.45) is 0 Å². The highest BCUT2D eigenvalue weighted by molar-refractivity contribution is 5.79. The van der Waals surface area contributed by atoms with Gasteiger partial charge in [0, 0.05) is 17.3 Å². The Morgan fingerprint density at radius 1 is 1.11 bits per heavy atom. The summed E-state index contributed by atoms with van der Waals surface area (Å²) in [4.78, 5) is 4.42. The number of benzene rings is 2. The van der Waals surface area contributed by atoms with E-state index >= 15 is 0 Å². The second-order valence-corrected chi connectivity index (χ2v) is 3.97. The largest absolute Gasteiger partial charge is 0.497 e. The molecular formula is C14H12N2O2. The molecule has 3 rings (SSSR count). The summed E-state index contributed by atoms with van der Waals surface area (Å²) in [6.07, 6.45) is 0. The van der Waals surface area contributed by atoms with Crippen LogP contribution in [0.1, 0.15) is 0 Å². The third-order valence-corrected chi connectivity index (χ3v) is 2.75. The van der Waals surface area contributed by atoms with Crippen LogP contribution in [0.25, 0.3) is 22.6 Å². The Morgan fingerprint density at radius 2 is 1.89 bits per heavy atom. The van der Waals surface area contributed by atoms with E-state index in [0.717, 1.165) is 16.8 Å². The van der Waals surface area contributed by atoms with Crippen molar-refractivity contribution < 1.29 is 9.15 Å². The van der Waals surface area contributed by atoms with Gasteiger partial charge in [0.1, 0.15) is 11.3 Å². The Balaban J connectivity index is 2.07. The molecule has 0 saturated carbocycles. The lowest BCUT2D eigenvalue weighted by Gasteiger charge is -1.99. The fourth-order valence-corrected chi connectivity index (χ4v) is 1.80. The van der Waals surface area contributed by atoms with E-state index in [-0.39, 0.29) is 0 Å². The number of nitrogen functional groups attached to an aromatic ring is 1. The van der Waals surface area contributed by atoms with Crippen LogP contribution >= 0.6 is 0 Å². The molecule has 0 amide bonds. The molecule has 0 radical (unpaired) electrons. The Morgan fingerprint density at radius 3 is 2.61 bits per heavy atom. The Labute approximate surface area is 104 Å². The van der Waals surface area contributed by atoms with Gasteiger partial charge in [-0.3, -0.25) is 0 Å². The average molecular weight is 240 g/mol. The van der Waals surface area contributed by atoms with E-state index < -0.39 is 0 Å². The van der Waals surface area contributed by atoms with Gasteiger partial charge in [-0.1, -0.05) is 0 Å². The third-order valence-electron chi connectivity index (χ3n) is 2.75. The number of nitrogens with two attached hydrogens (primary N) is 1. The van der Waals surface area contributed by atoms with Crippen LogP contribution in [0.5, 0.6) is 5.75 Å². The molecule has 4 nitrogen and oxygen atoms in total. The van der Waals surface area contributed by atoms with Crippen molar-refractivity contribution in [3.63, 3.8) is 0 Å². The minimum Gasteiger partial charge on any atom is -0.497 e. The maximum absolute atomic E-state index is 5.71. The molecule has 0 spiro atoms. The number of anilines is 1. The quantitative estimate of drug-likeness (QED) is 0.699. The van der Waals surface area contributed by atoms with Gasteiger partial charge in [-0.2, -0.15) is 0 Å². The topological polar surface area (TPSA) is 61.3 Å². The number of hydrogen-bond donors (Lipinski definition) is 1. The minimum absolute atomic E-state index is 0.582. The van der Waals surface area contributed by atoms with Gasteiger partial charge in [0.2, 0.25) is 5.89 Å². The highest BCUT2D eigenvalue weighted by atomic mass is 16.5. The molecular weight excluding hydrogens is 228 g/mol. The van der Waals surface area contributed by atoms with Gasteiger partial charge in [0.25, 0.3) is 0 Å². The first kappa shape index (κ1) is 10.7. The zero-order chi connectivity index (χ0) is 12.5. The molecule has 0 fully saturated rings. The van der Waals surface area contributed by atoms with Gasteiger partial charge in [-0.25, -0.2) is 4.98 Å². The van der Waals surface area contributed by atoms with Gasteiger partial charge in [0.15, 0.2) is 5.58 Å². The summed E-state index contributed by atoms with van der Waals surface area (Å²) < 4.78 is 10.8. The molecule has 0 aliphatic heterocycles. The zero-order valence-corrected chi connectivity index (χ0v) is 9.88. The molecule has 1 aromatic heterocycles. The van der Waals surface area contributed by atoms with Gasteiger partial charge in [-0.15, -0.1) is 0 Å². The molecule has 1 heterocycles. The monoisotopic (exact) mass is 240 g/mol. The van der Waals surface area contributed by atoms with Crippen molar-refractivity contribution in [2.75, 3.05) is 12.8 Å². The van der Waals surface area contributed by atoms with E-state index in [9.17, 15) is 0 Å². The van der Waals surface area contributed by atoms with E-state index in [1.165, 1.54) is 0 Å². The number of fused-ring (bicyclic) bond motifs is 1. The second-order valence-electron chi connectivity index (χ2n) is 3.97. The summed E-state index contributed by atoms with van der Waals surface area (Å²) in [6.45, 7) is 0. The highest BCUT2D eigenvalue weighted by Crippen LogP contribution is 2.26. The maximum atomic E-state index is 5.71. The SMILES string of the molecule is COc1ccc(-c2nc3ccc(N)cc3o2)cc1. The number of methoxy groups -OCH3 is 1. The lowest BCUT2D eigenvalue weighted by Crippen LogP contribution is -1.82. The molecule has 0 aliphatic carbocycles. The van der Waals surface area contributed by atoms with Crippen LogP contribution in [0, 0.1) is 0 Å². The standard InChI is InChI=1S/C14H12N2O2/c1-17-11-5-2-9(3-6-11)14-16-12-7-4-10(15)8-13(12)18-14/h2-8H,15H2,1H3. The molecule has 0 saturated heterocycles. The van der Waals surface area contributed by atoms with Crippen molar-refractivity contribution >= 4 is 16.8 Å². The lowest BCUT2D eigenvalue weighted by molar-refractivity contribution is 0.415. The van der Waals surface area contributed by atoms with Crippen LogP contribution in [-0.4, -0.2) is 12.1 Å². The van der Waals surface area contributed by atoms with Crippen LogP contribution in [0.4, 0.5) is 5.69 Å². The van der Waals surface area contributed by atoms with Crippen molar-refractivity contribution in [2.45, 2.75) is 0 Å². The molecule has 3 aromatic rings. The smallest absolute Gasteiger partial charge is 0.227 e. The summed E-state index contributed by atoms with van der Waals surface area (Å²) in [5.41, 5.74) is 8.78. The molecule has 18 heavy (non-hydrogen) atoms. The number of ether oxygens (including phenoxy) is 1. The van der Waals surface area contributed by atoms with Crippen molar-refractivity contribution in [3.8, 4) is 17.2 Å². The third kappa shape index (κ3) is 1.78.